The first-order chi connectivity index (χ1) is 12.6. The summed E-state index contributed by atoms with van der Waals surface area (Å²) < 4.78 is 25.6. The van der Waals surface area contributed by atoms with E-state index in [0.717, 1.165) is 0 Å². The van der Waals surface area contributed by atoms with Crippen molar-refractivity contribution < 1.29 is 19.0 Å². The van der Waals surface area contributed by atoms with Gasteiger partial charge >= 0.3 is 0 Å². The number of aromatic nitrogens is 2. The average molecular weight is 396 g/mol. The summed E-state index contributed by atoms with van der Waals surface area (Å²) in [5, 5.41) is 12.7. The molecule has 9 heteroatoms. The van der Waals surface area contributed by atoms with Crippen LogP contribution in [0.5, 0.6) is 11.5 Å². The number of halogens is 3. The maximum atomic E-state index is 14.3. The van der Waals surface area contributed by atoms with E-state index in [2.05, 4.69) is 15.3 Å². The molecular weight excluding hydrogens is 384 g/mol. The molecule has 0 aliphatic carbocycles. The molecule has 1 aliphatic rings. The van der Waals surface area contributed by atoms with Gasteiger partial charge < -0.3 is 19.9 Å². The van der Waals surface area contributed by atoms with Crippen molar-refractivity contribution in [3.63, 3.8) is 0 Å². The normalized spacial score (nSPS) is 15.9. The largest absolute Gasteiger partial charge is 0.486 e. The van der Waals surface area contributed by atoms with Gasteiger partial charge in [0.1, 0.15) is 18.8 Å². The molecule has 4 rings (SSSR count). The number of anilines is 2. The summed E-state index contributed by atoms with van der Waals surface area (Å²) in [4.78, 5) is 8.38. The van der Waals surface area contributed by atoms with Crippen LogP contribution in [0.4, 0.5) is 15.9 Å². The number of ether oxygens (including phenoxy) is 2. The fraction of sp³-hybridized carbons (Fsp3) is 0.176. The molecule has 0 saturated carbocycles. The van der Waals surface area contributed by atoms with Crippen molar-refractivity contribution in [3.8, 4) is 11.5 Å². The standard InChI is InChI=1S/C17H12Cl2FN3O3/c18-10-1-2-11(16(20)15(10)19)23-17-9-3-14-13(4-12(9)21-7-22-17)25-6-8(5-24)26-14/h1-4,7-8,24H,5-6H2,(H,21,22,23). The lowest BCUT2D eigenvalue weighted by molar-refractivity contribution is 0.0459. The number of fused-ring (bicyclic) bond motifs is 2. The van der Waals surface area contributed by atoms with Gasteiger partial charge in [0, 0.05) is 11.5 Å². The number of hydrogen-bond donors (Lipinski definition) is 2. The molecule has 0 saturated heterocycles. The third kappa shape index (κ3) is 2.98. The van der Waals surface area contributed by atoms with Crippen LogP contribution in [0.3, 0.4) is 0 Å². The number of hydrogen-bond acceptors (Lipinski definition) is 6. The van der Waals surface area contributed by atoms with E-state index >= 15 is 0 Å². The molecule has 0 amide bonds. The topological polar surface area (TPSA) is 76.5 Å². The maximum absolute atomic E-state index is 14.3. The van der Waals surface area contributed by atoms with Crippen LogP contribution in [0, 0.1) is 5.82 Å². The number of nitrogens with one attached hydrogen (secondary N) is 1. The number of aliphatic hydroxyl groups is 1. The van der Waals surface area contributed by atoms with Gasteiger partial charge in [-0.15, -0.1) is 0 Å². The van der Waals surface area contributed by atoms with Crippen LogP contribution in [0.25, 0.3) is 10.9 Å². The van der Waals surface area contributed by atoms with Gasteiger partial charge in [-0.05, 0) is 18.2 Å². The van der Waals surface area contributed by atoms with Crippen molar-refractivity contribution in [1.82, 2.24) is 9.97 Å². The van der Waals surface area contributed by atoms with Gasteiger partial charge in [0.05, 0.1) is 27.9 Å². The molecule has 1 atom stereocenters. The van der Waals surface area contributed by atoms with Crippen LogP contribution in [0.1, 0.15) is 0 Å². The highest BCUT2D eigenvalue weighted by Gasteiger charge is 2.22. The summed E-state index contributed by atoms with van der Waals surface area (Å²) in [7, 11) is 0. The lowest BCUT2D eigenvalue weighted by Crippen LogP contribution is -2.32. The first-order valence-corrected chi connectivity index (χ1v) is 8.42. The van der Waals surface area contributed by atoms with E-state index in [9.17, 15) is 9.50 Å². The lowest BCUT2D eigenvalue weighted by atomic mass is 10.2. The van der Waals surface area contributed by atoms with E-state index in [-0.39, 0.29) is 28.9 Å². The minimum atomic E-state index is -0.677. The molecule has 2 aromatic carbocycles. The first-order valence-electron chi connectivity index (χ1n) is 7.66. The number of benzene rings is 2. The Balaban J connectivity index is 1.77. The quantitative estimate of drug-likeness (QED) is 0.653. The van der Waals surface area contributed by atoms with Crippen LogP contribution in [0.2, 0.25) is 10.0 Å². The van der Waals surface area contributed by atoms with E-state index in [1.807, 2.05) is 0 Å². The molecule has 2 N–H and O–H groups in total. The van der Waals surface area contributed by atoms with Gasteiger partial charge in [-0.1, -0.05) is 23.2 Å². The highest BCUT2D eigenvalue weighted by Crippen LogP contribution is 2.38. The summed E-state index contributed by atoms with van der Waals surface area (Å²) in [5.74, 6) is 0.663. The van der Waals surface area contributed by atoms with E-state index in [4.69, 9.17) is 32.7 Å². The molecule has 2 heterocycles. The zero-order valence-electron chi connectivity index (χ0n) is 13.2. The van der Waals surface area contributed by atoms with Crippen molar-refractivity contribution >= 4 is 45.6 Å². The summed E-state index contributed by atoms with van der Waals surface area (Å²) in [6, 6.07) is 6.35. The van der Waals surface area contributed by atoms with Crippen molar-refractivity contribution in [3.05, 3.63) is 46.5 Å². The van der Waals surface area contributed by atoms with Gasteiger partial charge in [0.25, 0.3) is 0 Å². The van der Waals surface area contributed by atoms with Crippen LogP contribution >= 0.6 is 23.2 Å². The molecule has 0 fully saturated rings. The molecule has 1 aliphatic heterocycles. The molecule has 26 heavy (non-hydrogen) atoms. The predicted molar refractivity (Wildman–Crippen MR) is 96.2 cm³/mol. The summed E-state index contributed by atoms with van der Waals surface area (Å²) in [5.41, 5.74) is 0.718. The first kappa shape index (κ1) is 17.1. The van der Waals surface area contributed by atoms with Crippen LogP contribution in [-0.4, -0.2) is 34.4 Å². The molecular formula is C17H12Cl2FN3O3. The van der Waals surface area contributed by atoms with E-state index in [1.54, 1.807) is 12.1 Å². The van der Waals surface area contributed by atoms with E-state index in [1.165, 1.54) is 18.5 Å². The Kier molecular flexibility index (Phi) is 4.44. The molecule has 0 bridgehead atoms. The minimum Gasteiger partial charge on any atom is -0.486 e. The molecule has 0 spiro atoms. The fourth-order valence-corrected chi connectivity index (χ4v) is 2.92. The van der Waals surface area contributed by atoms with Crippen molar-refractivity contribution in [2.75, 3.05) is 18.5 Å². The van der Waals surface area contributed by atoms with Crippen molar-refractivity contribution in [2.45, 2.75) is 6.10 Å². The van der Waals surface area contributed by atoms with Crippen LogP contribution in [0.15, 0.2) is 30.6 Å². The van der Waals surface area contributed by atoms with Crippen LogP contribution < -0.4 is 14.8 Å². The monoisotopic (exact) mass is 395 g/mol. The molecule has 1 unspecified atom stereocenters. The zero-order chi connectivity index (χ0) is 18.3. The highest BCUT2D eigenvalue weighted by molar-refractivity contribution is 6.42. The molecule has 134 valence electrons. The Morgan fingerprint density at radius 2 is 2.08 bits per heavy atom. The summed E-state index contributed by atoms with van der Waals surface area (Å²) >= 11 is 11.7. The van der Waals surface area contributed by atoms with Gasteiger partial charge in [-0.3, -0.25) is 0 Å². The highest BCUT2D eigenvalue weighted by atomic mass is 35.5. The predicted octanol–water partition coefficient (Wildman–Crippen LogP) is 3.95. The second-order valence-electron chi connectivity index (χ2n) is 5.62. The Morgan fingerprint density at radius 1 is 1.23 bits per heavy atom. The zero-order valence-corrected chi connectivity index (χ0v) is 14.7. The van der Waals surface area contributed by atoms with E-state index in [0.29, 0.717) is 28.2 Å². The minimum absolute atomic E-state index is 0.122. The number of nitrogens with zero attached hydrogens (tertiary/aromatic N) is 2. The second-order valence-corrected chi connectivity index (χ2v) is 6.40. The summed E-state index contributed by atoms with van der Waals surface area (Å²) in [6.07, 6.45) is 0.903. The van der Waals surface area contributed by atoms with E-state index < -0.39 is 11.9 Å². The molecule has 0 radical (unpaired) electrons. The SMILES string of the molecule is OCC1COc2cc3ncnc(Nc4ccc(Cl)c(Cl)c4F)c3cc2O1. The van der Waals surface area contributed by atoms with Gasteiger partial charge in [0.15, 0.2) is 23.4 Å². The Hall–Kier alpha value is -2.35. The fourth-order valence-electron chi connectivity index (χ4n) is 2.60. The molecule has 3 aromatic rings. The Labute approximate surface area is 157 Å². The second kappa shape index (κ2) is 6.75. The lowest BCUT2D eigenvalue weighted by Gasteiger charge is -2.25. The Bertz CT molecular complexity index is 1000. The maximum Gasteiger partial charge on any atom is 0.166 e. The number of aliphatic hydroxyl groups excluding tert-OH is 1. The number of rotatable bonds is 3. The molecule has 6 nitrogen and oxygen atoms in total. The molecule has 1 aromatic heterocycles. The van der Waals surface area contributed by atoms with Gasteiger partial charge in [0.2, 0.25) is 0 Å². The third-order valence-electron chi connectivity index (χ3n) is 3.91. The van der Waals surface area contributed by atoms with Crippen molar-refractivity contribution in [2.24, 2.45) is 0 Å². The van der Waals surface area contributed by atoms with Gasteiger partial charge in [-0.2, -0.15) is 0 Å². The summed E-state index contributed by atoms with van der Waals surface area (Å²) in [6.45, 7) is 0.0854. The van der Waals surface area contributed by atoms with Gasteiger partial charge in [-0.25, -0.2) is 14.4 Å². The van der Waals surface area contributed by atoms with Crippen molar-refractivity contribution in [1.29, 1.82) is 0 Å². The average Bonchev–Trinajstić information content (AvgIpc) is 2.66. The smallest absolute Gasteiger partial charge is 0.166 e. The van der Waals surface area contributed by atoms with Crippen LogP contribution in [-0.2, 0) is 0 Å². The third-order valence-corrected chi connectivity index (χ3v) is 4.69. The Morgan fingerprint density at radius 3 is 2.88 bits per heavy atom.